The number of esters is 3. The van der Waals surface area contributed by atoms with Gasteiger partial charge in [-0.05, 0) is 36.4 Å². The van der Waals surface area contributed by atoms with Gasteiger partial charge in [0.05, 0.1) is 16.7 Å². The van der Waals surface area contributed by atoms with Gasteiger partial charge in [0.2, 0.25) is 5.96 Å². The van der Waals surface area contributed by atoms with Crippen LogP contribution in [0.25, 0.3) is 0 Å². The van der Waals surface area contributed by atoms with Crippen LogP contribution in [0.15, 0.2) is 113 Å². The third-order valence-corrected chi connectivity index (χ3v) is 6.31. The number of aliphatic imine (C=N–C) groups is 2. The number of carbonyl (C=O) groups is 3. The van der Waals surface area contributed by atoms with E-state index in [-0.39, 0.29) is 29.5 Å². The summed E-state index contributed by atoms with van der Waals surface area (Å²) in [6.07, 6.45) is -3.24. The van der Waals surface area contributed by atoms with Crippen molar-refractivity contribution in [2.75, 3.05) is 6.61 Å². The van der Waals surface area contributed by atoms with E-state index in [2.05, 4.69) is 16.6 Å². The molecule has 11 heteroatoms. The zero-order chi connectivity index (χ0) is 28.8. The molecule has 2 heterocycles. The van der Waals surface area contributed by atoms with Crippen LogP contribution in [-0.2, 0) is 18.9 Å². The largest absolute Gasteiger partial charge is 0.459 e. The number of benzene rings is 3. The minimum absolute atomic E-state index is 0.0255. The van der Waals surface area contributed by atoms with Crippen LogP contribution in [0.2, 0.25) is 0 Å². The molecule has 3 aromatic rings. The Kier molecular flexibility index (Phi) is 8.16. The molecule has 5 rings (SSSR count). The highest BCUT2D eigenvalue weighted by Crippen LogP contribution is 2.33. The van der Waals surface area contributed by atoms with E-state index in [1.165, 1.54) is 11.2 Å². The third-order valence-electron chi connectivity index (χ3n) is 6.31. The maximum Gasteiger partial charge on any atom is 0.338 e. The molecule has 0 amide bonds. The first kappa shape index (κ1) is 27.3. The topological polar surface area (TPSA) is 142 Å². The first-order chi connectivity index (χ1) is 19.9. The van der Waals surface area contributed by atoms with Gasteiger partial charge in [-0.2, -0.15) is 4.99 Å². The molecule has 3 aromatic carbocycles. The van der Waals surface area contributed by atoms with Crippen molar-refractivity contribution in [3.05, 3.63) is 120 Å². The molecule has 1 saturated heterocycles. The van der Waals surface area contributed by atoms with Crippen LogP contribution in [0.3, 0.4) is 0 Å². The van der Waals surface area contributed by atoms with E-state index in [1.54, 1.807) is 91.0 Å². The van der Waals surface area contributed by atoms with E-state index in [1.807, 2.05) is 0 Å². The van der Waals surface area contributed by atoms with Crippen molar-refractivity contribution in [2.24, 2.45) is 15.7 Å². The Morgan fingerprint density at radius 2 is 1.27 bits per heavy atom. The summed E-state index contributed by atoms with van der Waals surface area (Å²) in [5.74, 6) is -1.85. The Morgan fingerprint density at radius 1 is 0.780 bits per heavy atom. The van der Waals surface area contributed by atoms with Crippen LogP contribution in [0.4, 0.5) is 0 Å². The highest BCUT2D eigenvalue weighted by molar-refractivity contribution is 5.91. The number of guanidine groups is 1. The van der Waals surface area contributed by atoms with E-state index in [0.29, 0.717) is 5.56 Å². The van der Waals surface area contributed by atoms with E-state index < -0.39 is 42.4 Å². The molecule has 1 unspecified atom stereocenters. The van der Waals surface area contributed by atoms with Crippen molar-refractivity contribution >= 4 is 30.2 Å². The van der Waals surface area contributed by atoms with Gasteiger partial charge in [-0.1, -0.05) is 61.2 Å². The van der Waals surface area contributed by atoms with Crippen LogP contribution < -0.4 is 5.73 Å². The molecular weight excluding hydrogens is 528 g/mol. The van der Waals surface area contributed by atoms with Gasteiger partial charge in [0.15, 0.2) is 18.4 Å². The van der Waals surface area contributed by atoms with Crippen LogP contribution >= 0.6 is 0 Å². The van der Waals surface area contributed by atoms with Crippen LogP contribution in [-0.4, -0.2) is 66.3 Å². The van der Waals surface area contributed by atoms with Crippen molar-refractivity contribution in [2.45, 2.75) is 24.5 Å². The lowest BCUT2D eigenvalue weighted by atomic mass is 10.1. The predicted octanol–water partition coefficient (Wildman–Crippen LogP) is 3.15. The number of ether oxygens (including phenoxy) is 4. The normalized spacial score (nSPS) is 21.6. The van der Waals surface area contributed by atoms with Crippen LogP contribution in [0.5, 0.6) is 0 Å². The second-order valence-corrected chi connectivity index (χ2v) is 9.04. The molecule has 0 aliphatic carbocycles. The third kappa shape index (κ3) is 6.31. The van der Waals surface area contributed by atoms with E-state index in [4.69, 9.17) is 24.7 Å². The molecule has 1 fully saturated rings. The Hall–Kier alpha value is -5.29. The number of nitrogens with two attached hydrogens (primary N) is 1. The van der Waals surface area contributed by atoms with E-state index in [0.717, 1.165) is 0 Å². The minimum Gasteiger partial charge on any atom is -0.459 e. The van der Waals surface area contributed by atoms with Crippen molar-refractivity contribution < 1.29 is 33.3 Å². The molecule has 208 valence electrons. The smallest absolute Gasteiger partial charge is 0.338 e. The molecule has 0 aromatic heterocycles. The van der Waals surface area contributed by atoms with Crippen molar-refractivity contribution in [1.82, 2.24) is 4.90 Å². The Labute approximate surface area is 235 Å². The Morgan fingerprint density at radius 3 is 1.78 bits per heavy atom. The lowest BCUT2D eigenvalue weighted by Gasteiger charge is -2.31. The zero-order valence-electron chi connectivity index (χ0n) is 21.7. The molecule has 0 radical (unpaired) electrons. The quantitative estimate of drug-likeness (QED) is 0.328. The summed E-state index contributed by atoms with van der Waals surface area (Å²) in [6.45, 7) is 3.57. The molecule has 11 nitrogen and oxygen atoms in total. The number of carbonyl (C=O) groups excluding carboxylic acids is 3. The first-order valence-electron chi connectivity index (χ1n) is 12.7. The summed E-state index contributed by atoms with van der Waals surface area (Å²) in [7, 11) is 0. The maximum atomic E-state index is 13.2. The lowest BCUT2D eigenvalue weighted by Crippen LogP contribution is -2.47. The fraction of sp³-hybridized carbons (Fsp3) is 0.167. The van der Waals surface area contributed by atoms with Crippen molar-refractivity contribution in [3.8, 4) is 0 Å². The van der Waals surface area contributed by atoms with Gasteiger partial charge in [-0.15, -0.1) is 0 Å². The molecule has 0 spiro atoms. The van der Waals surface area contributed by atoms with Crippen molar-refractivity contribution in [1.29, 1.82) is 0 Å². The minimum atomic E-state index is -1.21. The number of hydrogen-bond donors (Lipinski definition) is 1. The summed E-state index contributed by atoms with van der Waals surface area (Å²) in [5, 5.41) is 0. The molecule has 2 aliphatic rings. The SMILES string of the molecule is C=C1N=C(N)N=CN1[C@@H]1O[C@H](COC(=O)c2ccccc2)[C@H](OC(=O)c2ccccc2)C1OC(=O)c1ccccc1. The summed E-state index contributed by atoms with van der Waals surface area (Å²) >= 11 is 0. The zero-order valence-corrected chi connectivity index (χ0v) is 21.7. The number of hydrogen-bond acceptors (Lipinski definition) is 11. The van der Waals surface area contributed by atoms with Crippen LogP contribution in [0.1, 0.15) is 31.1 Å². The second-order valence-electron chi connectivity index (χ2n) is 9.04. The predicted molar refractivity (Wildman–Crippen MR) is 148 cm³/mol. The number of nitrogens with zero attached hydrogens (tertiary/aromatic N) is 3. The molecule has 2 aliphatic heterocycles. The first-order valence-corrected chi connectivity index (χ1v) is 12.7. The lowest BCUT2D eigenvalue weighted by molar-refractivity contribution is -0.0688. The average Bonchev–Trinajstić information content (AvgIpc) is 3.33. The fourth-order valence-electron chi connectivity index (χ4n) is 4.30. The van der Waals surface area contributed by atoms with Crippen molar-refractivity contribution in [3.63, 3.8) is 0 Å². The molecular formula is C30H26N4O7. The van der Waals surface area contributed by atoms with E-state index >= 15 is 0 Å². The van der Waals surface area contributed by atoms with Gasteiger partial charge in [0.1, 0.15) is 24.9 Å². The summed E-state index contributed by atoms with van der Waals surface area (Å²) in [5.41, 5.74) is 6.58. The Balaban J connectivity index is 1.46. The summed E-state index contributed by atoms with van der Waals surface area (Å²) < 4.78 is 23.5. The molecule has 0 saturated carbocycles. The standard InChI is InChI=1S/C30H26N4O7/c1-19-33-30(31)32-18-34(19)26-25(41-29(37)22-15-9-4-10-16-22)24(40-28(36)21-13-7-3-8-14-21)23(39-26)17-38-27(35)20-11-5-2-6-12-20/h2-16,18,23-26H,1,17H2,(H2,31,33)/t23-,24+,25?,26-/m1/s1. The summed E-state index contributed by atoms with van der Waals surface area (Å²) in [6, 6.07) is 25.0. The molecule has 0 bridgehead atoms. The van der Waals surface area contributed by atoms with Crippen LogP contribution in [0, 0.1) is 0 Å². The van der Waals surface area contributed by atoms with Gasteiger partial charge in [0, 0.05) is 0 Å². The van der Waals surface area contributed by atoms with E-state index in [9.17, 15) is 14.4 Å². The molecule has 41 heavy (non-hydrogen) atoms. The van der Waals surface area contributed by atoms with Gasteiger partial charge in [0.25, 0.3) is 0 Å². The second kappa shape index (κ2) is 12.3. The average molecular weight is 555 g/mol. The number of rotatable bonds is 8. The summed E-state index contributed by atoms with van der Waals surface area (Å²) in [4.78, 5) is 48.6. The molecule has 2 N–H and O–H groups in total. The fourth-order valence-corrected chi connectivity index (χ4v) is 4.30. The maximum absolute atomic E-state index is 13.2. The van der Waals surface area contributed by atoms with Gasteiger partial charge < -0.3 is 24.7 Å². The monoisotopic (exact) mass is 554 g/mol. The van der Waals surface area contributed by atoms with Gasteiger partial charge in [-0.25, -0.2) is 19.4 Å². The van der Waals surface area contributed by atoms with Gasteiger partial charge in [-0.3, -0.25) is 4.90 Å². The highest BCUT2D eigenvalue weighted by Gasteiger charge is 2.53. The van der Waals surface area contributed by atoms with Gasteiger partial charge >= 0.3 is 17.9 Å². The highest BCUT2D eigenvalue weighted by atomic mass is 16.7. The Bertz CT molecular complexity index is 1480. The molecule has 4 atom stereocenters.